The van der Waals surface area contributed by atoms with E-state index in [1.807, 2.05) is 22.1 Å². The molecular weight excluding hydrogens is 367 g/mol. The highest BCUT2D eigenvalue weighted by Crippen LogP contribution is 2.28. The molecule has 0 aliphatic carbocycles. The average Bonchev–Trinajstić information content (AvgIpc) is 3.25. The van der Waals surface area contributed by atoms with Crippen molar-refractivity contribution in [2.75, 3.05) is 13.1 Å². The maximum absolute atomic E-state index is 13.2. The van der Waals surface area contributed by atoms with Crippen molar-refractivity contribution in [3.05, 3.63) is 58.9 Å². The third-order valence-electron chi connectivity index (χ3n) is 5.13. The van der Waals surface area contributed by atoms with Gasteiger partial charge < -0.3 is 14.6 Å². The highest BCUT2D eigenvalue weighted by molar-refractivity contribution is 7.17. The highest BCUT2D eigenvalue weighted by Gasteiger charge is 2.29. The van der Waals surface area contributed by atoms with E-state index in [2.05, 4.69) is 0 Å². The number of hydrogen-bond donors (Lipinski definition) is 1. The maximum Gasteiger partial charge on any atom is 0.306 e. The number of hydrogen-bond acceptors (Lipinski definition) is 3. The molecule has 1 fully saturated rings. The molecule has 2 aromatic heterocycles. The first kappa shape index (κ1) is 17.7. The largest absolute Gasteiger partial charge is 0.481 e. The van der Waals surface area contributed by atoms with Crippen molar-refractivity contribution in [2.45, 2.75) is 19.4 Å². The smallest absolute Gasteiger partial charge is 0.306 e. The van der Waals surface area contributed by atoms with Crippen LogP contribution in [0.2, 0.25) is 0 Å². The van der Waals surface area contributed by atoms with Gasteiger partial charge in [0.05, 0.1) is 16.1 Å². The van der Waals surface area contributed by atoms with E-state index in [-0.39, 0.29) is 17.6 Å². The average molecular weight is 386 g/mol. The molecule has 0 atom stereocenters. The summed E-state index contributed by atoms with van der Waals surface area (Å²) < 4.78 is 16.2. The fourth-order valence-electron chi connectivity index (χ4n) is 3.59. The summed E-state index contributed by atoms with van der Waals surface area (Å²) >= 11 is 1.57. The molecule has 1 N–H and O–H groups in total. The number of aromatic nitrogens is 1. The molecule has 1 aliphatic rings. The van der Waals surface area contributed by atoms with Gasteiger partial charge in [0.2, 0.25) is 0 Å². The molecule has 3 heterocycles. The van der Waals surface area contributed by atoms with Crippen LogP contribution in [0.5, 0.6) is 0 Å². The van der Waals surface area contributed by atoms with E-state index in [9.17, 15) is 14.0 Å². The molecule has 27 heavy (non-hydrogen) atoms. The van der Waals surface area contributed by atoms with Gasteiger partial charge in [-0.25, -0.2) is 4.39 Å². The number of rotatable bonds is 4. The standard InChI is InChI=1S/C20H19FN2O3S/c21-15-3-1-13(2-4-15)12-23-16-7-10-27-18(16)11-17(23)19(24)22-8-5-14(6-9-22)20(25)26/h1-4,7,10-11,14H,5-6,8-9,12H2,(H,25,26). The Morgan fingerprint density at radius 2 is 1.85 bits per heavy atom. The zero-order valence-corrected chi connectivity index (χ0v) is 15.4. The predicted octanol–water partition coefficient (Wildman–Crippen LogP) is 3.83. The summed E-state index contributed by atoms with van der Waals surface area (Å²) in [6.45, 7) is 1.38. The Hall–Kier alpha value is -2.67. The molecule has 0 unspecified atom stereocenters. The number of halogens is 1. The normalized spacial score (nSPS) is 15.4. The lowest BCUT2D eigenvalue weighted by Crippen LogP contribution is -2.41. The van der Waals surface area contributed by atoms with Gasteiger partial charge in [-0.3, -0.25) is 9.59 Å². The molecule has 3 aromatic rings. The fourth-order valence-corrected chi connectivity index (χ4v) is 4.41. The highest BCUT2D eigenvalue weighted by atomic mass is 32.1. The van der Waals surface area contributed by atoms with Crippen molar-refractivity contribution in [1.29, 1.82) is 0 Å². The molecule has 1 amide bonds. The van der Waals surface area contributed by atoms with Crippen LogP contribution in [0.3, 0.4) is 0 Å². The van der Waals surface area contributed by atoms with Crippen molar-refractivity contribution < 1.29 is 19.1 Å². The molecule has 0 bridgehead atoms. The Kier molecular flexibility index (Phi) is 4.70. The zero-order valence-electron chi connectivity index (χ0n) is 14.6. The first-order chi connectivity index (χ1) is 13.0. The maximum atomic E-state index is 13.2. The van der Waals surface area contributed by atoms with Crippen LogP contribution in [0.15, 0.2) is 41.8 Å². The number of fused-ring (bicyclic) bond motifs is 1. The van der Waals surface area contributed by atoms with Crippen molar-refractivity contribution >= 4 is 33.4 Å². The van der Waals surface area contributed by atoms with E-state index in [4.69, 9.17) is 5.11 Å². The van der Waals surface area contributed by atoms with Crippen LogP contribution >= 0.6 is 11.3 Å². The van der Waals surface area contributed by atoms with Crippen molar-refractivity contribution in [3.63, 3.8) is 0 Å². The monoisotopic (exact) mass is 386 g/mol. The van der Waals surface area contributed by atoms with Crippen LogP contribution in [-0.2, 0) is 11.3 Å². The van der Waals surface area contributed by atoms with Crippen LogP contribution in [0.1, 0.15) is 28.9 Å². The number of amides is 1. The van der Waals surface area contributed by atoms with Gasteiger partial charge in [-0.2, -0.15) is 0 Å². The van der Waals surface area contributed by atoms with Gasteiger partial charge in [-0.1, -0.05) is 12.1 Å². The number of aliphatic carboxylic acids is 1. The molecule has 140 valence electrons. The number of carbonyl (C=O) groups is 2. The van der Waals surface area contributed by atoms with Gasteiger partial charge in [0.15, 0.2) is 0 Å². The van der Waals surface area contributed by atoms with E-state index in [0.29, 0.717) is 38.2 Å². The molecule has 7 heteroatoms. The molecule has 1 saturated heterocycles. The molecule has 1 aliphatic heterocycles. The minimum atomic E-state index is -0.790. The molecule has 1 aromatic carbocycles. The summed E-state index contributed by atoms with van der Waals surface area (Å²) in [4.78, 5) is 26.0. The lowest BCUT2D eigenvalue weighted by molar-refractivity contribution is -0.143. The van der Waals surface area contributed by atoms with Crippen LogP contribution in [0.25, 0.3) is 10.2 Å². The van der Waals surface area contributed by atoms with Gasteiger partial charge in [0.25, 0.3) is 5.91 Å². The van der Waals surface area contributed by atoms with Crippen LogP contribution in [0.4, 0.5) is 4.39 Å². The Labute approximate surface area is 159 Å². The van der Waals surface area contributed by atoms with Gasteiger partial charge in [0.1, 0.15) is 11.5 Å². The fraction of sp³-hybridized carbons (Fsp3) is 0.300. The SMILES string of the molecule is O=C(O)C1CCN(C(=O)c2cc3sccc3n2Cc2ccc(F)cc2)CC1. The number of benzene rings is 1. The molecule has 0 spiro atoms. The van der Waals surface area contributed by atoms with Gasteiger partial charge in [-0.15, -0.1) is 11.3 Å². The van der Waals surface area contributed by atoms with Crippen LogP contribution in [-0.4, -0.2) is 39.5 Å². The van der Waals surface area contributed by atoms with Crippen molar-refractivity contribution in [3.8, 4) is 0 Å². The van der Waals surface area contributed by atoms with Crippen LogP contribution < -0.4 is 0 Å². The Morgan fingerprint density at radius 1 is 1.15 bits per heavy atom. The first-order valence-electron chi connectivity index (χ1n) is 8.86. The molecule has 5 nitrogen and oxygen atoms in total. The third kappa shape index (κ3) is 3.47. The van der Waals surface area contributed by atoms with E-state index in [0.717, 1.165) is 15.8 Å². The number of likely N-dealkylation sites (tertiary alicyclic amines) is 1. The van der Waals surface area contributed by atoms with Crippen molar-refractivity contribution in [2.24, 2.45) is 5.92 Å². The number of piperidine rings is 1. The summed E-state index contributed by atoms with van der Waals surface area (Å²) in [6, 6.07) is 10.2. The second-order valence-corrected chi connectivity index (χ2v) is 7.76. The summed E-state index contributed by atoms with van der Waals surface area (Å²) in [7, 11) is 0. The summed E-state index contributed by atoms with van der Waals surface area (Å²) in [5.41, 5.74) is 2.49. The number of carbonyl (C=O) groups excluding carboxylic acids is 1. The lowest BCUT2D eigenvalue weighted by Gasteiger charge is -2.30. The number of nitrogens with zero attached hydrogens (tertiary/aromatic N) is 2. The Morgan fingerprint density at radius 3 is 2.52 bits per heavy atom. The van der Waals surface area contributed by atoms with Gasteiger partial charge in [0, 0.05) is 19.6 Å². The summed E-state index contributed by atoms with van der Waals surface area (Å²) in [6.07, 6.45) is 0.961. The van der Waals surface area contributed by atoms with Gasteiger partial charge >= 0.3 is 5.97 Å². The van der Waals surface area contributed by atoms with E-state index in [1.165, 1.54) is 12.1 Å². The van der Waals surface area contributed by atoms with Gasteiger partial charge in [-0.05, 0) is 48.1 Å². The second kappa shape index (κ2) is 7.15. The molecular formula is C20H19FN2O3S. The van der Waals surface area contributed by atoms with E-state index < -0.39 is 5.97 Å². The number of thiophene rings is 1. The summed E-state index contributed by atoms with van der Waals surface area (Å²) in [5, 5.41) is 11.1. The number of carboxylic acids is 1. The van der Waals surface area contributed by atoms with E-state index >= 15 is 0 Å². The lowest BCUT2D eigenvalue weighted by atomic mass is 9.97. The Balaban J connectivity index is 1.61. The summed E-state index contributed by atoms with van der Waals surface area (Å²) in [5.74, 6) is -1.53. The quantitative estimate of drug-likeness (QED) is 0.741. The minimum Gasteiger partial charge on any atom is -0.481 e. The predicted molar refractivity (Wildman–Crippen MR) is 102 cm³/mol. The topological polar surface area (TPSA) is 62.5 Å². The molecule has 4 rings (SSSR count). The minimum absolute atomic E-state index is 0.0793. The van der Waals surface area contributed by atoms with Crippen LogP contribution in [0, 0.1) is 11.7 Å². The first-order valence-corrected chi connectivity index (χ1v) is 9.74. The molecule has 0 saturated carbocycles. The second-order valence-electron chi connectivity index (χ2n) is 6.82. The zero-order chi connectivity index (χ0) is 19.0. The molecule has 0 radical (unpaired) electrons. The van der Waals surface area contributed by atoms with E-state index in [1.54, 1.807) is 28.4 Å². The van der Waals surface area contributed by atoms with Crippen molar-refractivity contribution in [1.82, 2.24) is 9.47 Å². The Bertz CT molecular complexity index is 984. The third-order valence-corrected chi connectivity index (χ3v) is 5.98. The number of carboxylic acid groups (broad SMARTS) is 1.